The number of hydrogen-bond acceptors (Lipinski definition) is 3. The first-order valence-electron chi connectivity index (χ1n) is 6.00. The van der Waals surface area contributed by atoms with Gasteiger partial charge in [-0.05, 0) is 36.0 Å². The highest BCUT2D eigenvalue weighted by Crippen LogP contribution is 2.36. The monoisotopic (exact) mass is 277 g/mol. The number of rotatable bonds is 3. The van der Waals surface area contributed by atoms with E-state index < -0.39 is 10.8 Å². The van der Waals surface area contributed by atoms with Crippen LogP contribution in [0.25, 0.3) is 0 Å². The molecule has 0 saturated heterocycles. The smallest absolute Gasteiger partial charge is 0.0914 e. The van der Waals surface area contributed by atoms with Crippen molar-refractivity contribution in [3.8, 4) is 0 Å². The third kappa shape index (κ3) is 1.94. The molecule has 0 radical (unpaired) electrons. The zero-order valence-electron chi connectivity index (χ0n) is 10.1. The summed E-state index contributed by atoms with van der Waals surface area (Å²) in [6, 6.07) is 12.5. The third-order valence-corrected chi connectivity index (χ3v) is 6.43. The van der Waals surface area contributed by atoms with Crippen molar-refractivity contribution in [2.45, 2.75) is 21.9 Å². The molecule has 1 N–H and O–H groups in total. The molecule has 0 saturated carbocycles. The van der Waals surface area contributed by atoms with Gasteiger partial charge in [-0.1, -0.05) is 30.3 Å². The van der Waals surface area contributed by atoms with Gasteiger partial charge in [0.1, 0.15) is 0 Å². The molecule has 1 aliphatic rings. The van der Waals surface area contributed by atoms with Gasteiger partial charge in [0.25, 0.3) is 0 Å². The maximum absolute atomic E-state index is 12.6. The molecule has 0 bridgehead atoms. The molecule has 4 heteroatoms. The minimum Gasteiger partial charge on any atom is -0.312 e. The molecule has 1 aromatic heterocycles. The molecule has 0 aliphatic heterocycles. The van der Waals surface area contributed by atoms with E-state index in [2.05, 4.69) is 29.6 Å². The Morgan fingerprint density at radius 2 is 2.11 bits per heavy atom. The summed E-state index contributed by atoms with van der Waals surface area (Å²) in [4.78, 5) is 0. The van der Waals surface area contributed by atoms with Crippen LogP contribution in [0.15, 0.2) is 46.0 Å². The zero-order valence-corrected chi connectivity index (χ0v) is 11.8. The highest BCUT2D eigenvalue weighted by atomic mass is 32.2. The largest absolute Gasteiger partial charge is 0.312 e. The molecule has 18 heavy (non-hydrogen) atoms. The number of hydrogen-bond donors (Lipinski definition) is 1. The van der Waals surface area contributed by atoms with E-state index in [0.717, 1.165) is 10.6 Å². The van der Waals surface area contributed by atoms with E-state index in [1.54, 1.807) is 11.3 Å². The molecule has 1 aliphatic carbocycles. The van der Waals surface area contributed by atoms with Gasteiger partial charge >= 0.3 is 0 Å². The summed E-state index contributed by atoms with van der Waals surface area (Å²) in [5.41, 5.74) is 2.63. The van der Waals surface area contributed by atoms with Gasteiger partial charge in [0.05, 0.1) is 20.3 Å². The van der Waals surface area contributed by atoms with Crippen molar-refractivity contribution in [2.75, 3.05) is 7.05 Å². The summed E-state index contributed by atoms with van der Waals surface area (Å²) >= 11 is 1.58. The molecule has 3 unspecified atom stereocenters. The fraction of sp³-hybridized carbons (Fsp3) is 0.286. The van der Waals surface area contributed by atoms with E-state index >= 15 is 0 Å². The van der Waals surface area contributed by atoms with Gasteiger partial charge in [0, 0.05) is 6.04 Å². The maximum Gasteiger partial charge on any atom is 0.0914 e. The minimum absolute atomic E-state index is 0.144. The molecule has 1 heterocycles. The summed E-state index contributed by atoms with van der Waals surface area (Å²) in [6.07, 6.45) is 0.895. The lowest BCUT2D eigenvalue weighted by Gasteiger charge is -2.18. The van der Waals surface area contributed by atoms with Crippen molar-refractivity contribution in [2.24, 2.45) is 0 Å². The molecule has 2 nitrogen and oxygen atoms in total. The number of fused-ring (bicyclic) bond motifs is 1. The maximum atomic E-state index is 12.6. The topological polar surface area (TPSA) is 29.1 Å². The van der Waals surface area contributed by atoms with Gasteiger partial charge < -0.3 is 5.32 Å². The normalized spacial score (nSPS) is 23.8. The first-order valence-corrected chi connectivity index (χ1v) is 8.09. The van der Waals surface area contributed by atoms with E-state index in [9.17, 15) is 4.21 Å². The molecule has 2 aromatic rings. The van der Waals surface area contributed by atoms with Crippen molar-refractivity contribution < 1.29 is 4.21 Å². The van der Waals surface area contributed by atoms with Crippen molar-refractivity contribution >= 4 is 22.1 Å². The summed E-state index contributed by atoms with van der Waals surface area (Å²) in [7, 11) is 1.02. The number of nitrogens with one attached hydrogen (secondary N) is 1. The Bertz CT molecular complexity index is 565. The Hall–Kier alpha value is -0.970. The second-order valence-electron chi connectivity index (χ2n) is 4.44. The van der Waals surface area contributed by atoms with Gasteiger partial charge in [-0.15, -0.1) is 11.3 Å². The predicted molar refractivity (Wildman–Crippen MR) is 76.5 cm³/mol. The molecule has 1 aromatic carbocycles. The Morgan fingerprint density at radius 1 is 1.28 bits per heavy atom. The standard InChI is InChI=1S/C14H15NOS2/c1-15-14-11-6-3-2-5-10(11)9-12(14)18(16)13-7-4-8-17-13/h2-8,12,14-15H,9H2,1H3. The zero-order chi connectivity index (χ0) is 12.5. The van der Waals surface area contributed by atoms with Crippen molar-refractivity contribution in [1.82, 2.24) is 5.32 Å². The van der Waals surface area contributed by atoms with Crippen LogP contribution >= 0.6 is 11.3 Å². The van der Waals surface area contributed by atoms with Gasteiger partial charge in [-0.3, -0.25) is 4.21 Å². The average Bonchev–Trinajstić information content (AvgIpc) is 3.04. The first-order chi connectivity index (χ1) is 8.81. The van der Waals surface area contributed by atoms with E-state index in [1.807, 2.05) is 24.6 Å². The minimum atomic E-state index is -0.928. The Kier molecular flexibility index (Phi) is 3.33. The molecular formula is C14H15NOS2. The fourth-order valence-corrected chi connectivity index (χ4v) is 5.36. The van der Waals surface area contributed by atoms with E-state index in [0.29, 0.717) is 0 Å². The van der Waals surface area contributed by atoms with Crippen molar-refractivity contribution in [3.05, 3.63) is 52.9 Å². The lowest BCUT2D eigenvalue weighted by atomic mass is 10.1. The summed E-state index contributed by atoms with van der Waals surface area (Å²) < 4.78 is 13.6. The second kappa shape index (κ2) is 4.96. The van der Waals surface area contributed by atoms with Crippen LogP contribution in [-0.2, 0) is 17.2 Å². The molecule has 0 spiro atoms. The van der Waals surface area contributed by atoms with E-state index in [4.69, 9.17) is 0 Å². The van der Waals surface area contributed by atoms with Crippen LogP contribution < -0.4 is 5.32 Å². The third-order valence-electron chi connectivity index (χ3n) is 3.46. The van der Waals surface area contributed by atoms with E-state index in [-0.39, 0.29) is 11.3 Å². The fourth-order valence-electron chi connectivity index (χ4n) is 2.63. The second-order valence-corrected chi connectivity index (χ2v) is 7.28. The number of benzene rings is 1. The SMILES string of the molecule is CNC1c2ccccc2CC1S(=O)c1cccs1. The van der Waals surface area contributed by atoms with Crippen LogP contribution in [0.5, 0.6) is 0 Å². The van der Waals surface area contributed by atoms with Gasteiger partial charge in [-0.25, -0.2) is 0 Å². The Morgan fingerprint density at radius 3 is 2.83 bits per heavy atom. The van der Waals surface area contributed by atoms with Crippen molar-refractivity contribution in [3.63, 3.8) is 0 Å². The highest BCUT2D eigenvalue weighted by Gasteiger charge is 2.35. The van der Waals surface area contributed by atoms with Gasteiger partial charge in [0.2, 0.25) is 0 Å². The van der Waals surface area contributed by atoms with Crippen LogP contribution in [-0.4, -0.2) is 16.5 Å². The molecule has 3 atom stereocenters. The lowest BCUT2D eigenvalue weighted by Crippen LogP contribution is -2.29. The molecule has 0 fully saturated rings. The van der Waals surface area contributed by atoms with Crippen LogP contribution in [0.4, 0.5) is 0 Å². The van der Waals surface area contributed by atoms with Crippen LogP contribution in [0.3, 0.4) is 0 Å². The highest BCUT2D eigenvalue weighted by molar-refractivity contribution is 7.88. The summed E-state index contributed by atoms with van der Waals surface area (Å²) in [5, 5.41) is 5.46. The molecule has 3 rings (SSSR count). The van der Waals surface area contributed by atoms with Crippen molar-refractivity contribution in [1.29, 1.82) is 0 Å². The molecule has 0 amide bonds. The Labute approximate surface area is 114 Å². The van der Waals surface area contributed by atoms with Crippen LogP contribution in [0, 0.1) is 0 Å². The lowest BCUT2D eigenvalue weighted by molar-refractivity contribution is 0.581. The predicted octanol–water partition coefficient (Wildman–Crippen LogP) is 2.74. The average molecular weight is 277 g/mol. The first kappa shape index (κ1) is 12.1. The quantitative estimate of drug-likeness (QED) is 0.934. The van der Waals surface area contributed by atoms with Crippen LogP contribution in [0.1, 0.15) is 17.2 Å². The summed E-state index contributed by atoms with van der Waals surface area (Å²) in [5.74, 6) is 0. The van der Waals surface area contributed by atoms with Gasteiger partial charge in [0.15, 0.2) is 0 Å². The number of thiophene rings is 1. The Balaban J connectivity index is 1.94. The van der Waals surface area contributed by atoms with Gasteiger partial charge in [-0.2, -0.15) is 0 Å². The van der Waals surface area contributed by atoms with Crippen LogP contribution in [0.2, 0.25) is 0 Å². The molecular weight excluding hydrogens is 262 g/mol. The molecule has 94 valence electrons. The summed E-state index contributed by atoms with van der Waals surface area (Å²) in [6.45, 7) is 0. The van der Waals surface area contributed by atoms with E-state index in [1.165, 1.54) is 11.1 Å².